The van der Waals surface area contributed by atoms with Crippen LogP contribution in [0.1, 0.15) is 34.6 Å². The van der Waals surface area contributed by atoms with Crippen LogP contribution in [0.5, 0.6) is 0 Å². The zero-order valence-corrected chi connectivity index (χ0v) is 17.4. The summed E-state index contributed by atoms with van der Waals surface area (Å²) in [4.78, 5) is 14.4. The average Bonchev–Trinajstić information content (AvgIpc) is 3.04. The van der Waals surface area contributed by atoms with Crippen LogP contribution in [-0.2, 0) is 0 Å². The highest BCUT2D eigenvalue weighted by molar-refractivity contribution is 7.99. The van der Waals surface area contributed by atoms with Gasteiger partial charge in [0.15, 0.2) is 11.7 Å². The maximum atomic E-state index is 13.8. The van der Waals surface area contributed by atoms with E-state index in [9.17, 15) is 18.0 Å². The lowest BCUT2D eigenvalue weighted by molar-refractivity contribution is -0.173. The fourth-order valence-electron chi connectivity index (χ4n) is 3.56. The maximum Gasteiger partial charge on any atom is 0.410 e. The van der Waals surface area contributed by atoms with Crippen LogP contribution in [-0.4, -0.2) is 51.4 Å². The minimum atomic E-state index is -4.54. The van der Waals surface area contributed by atoms with Crippen molar-refractivity contribution in [2.45, 2.75) is 24.7 Å². The van der Waals surface area contributed by atoms with Crippen molar-refractivity contribution in [1.29, 1.82) is 0 Å². The predicted octanol–water partition coefficient (Wildman–Crippen LogP) is 5.04. The van der Waals surface area contributed by atoms with Crippen LogP contribution < -0.4 is 5.32 Å². The Labute approximate surface area is 179 Å². The van der Waals surface area contributed by atoms with Gasteiger partial charge in [0, 0.05) is 36.0 Å². The molecule has 5 nitrogen and oxygen atoms in total. The lowest BCUT2D eigenvalue weighted by Crippen LogP contribution is -2.38. The molecule has 2 atom stereocenters. The lowest BCUT2D eigenvalue weighted by Gasteiger charge is -2.33. The van der Waals surface area contributed by atoms with Gasteiger partial charge in [0.05, 0.1) is 6.04 Å². The molecule has 1 N–H and O–H groups in total. The van der Waals surface area contributed by atoms with Crippen LogP contribution in [0.25, 0.3) is 0 Å². The van der Waals surface area contributed by atoms with Crippen molar-refractivity contribution in [3.8, 4) is 0 Å². The lowest BCUT2D eigenvalue weighted by atomic mass is 9.97. The number of carbonyl (C=O) groups is 1. The number of rotatable bonds is 2. The minimum Gasteiger partial charge on any atom is -0.362 e. The second-order valence-corrected chi connectivity index (χ2v) is 8.94. The van der Waals surface area contributed by atoms with Crippen LogP contribution in [0.3, 0.4) is 0 Å². The SMILES string of the molecule is O=C(c1nn2c(c1Cl)N[C@@H](c1ccc(Cl)cc1)C[C@@H]2C(F)(F)F)N1CCSCC1. The van der Waals surface area contributed by atoms with Crippen molar-refractivity contribution in [3.05, 3.63) is 45.6 Å². The summed E-state index contributed by atoms with van der Waals surface area (Å²) >= 11 is 14.0. The number of halogens is 5. The smallest absolute Gasteiger partial charge is 0.362 e. The Morgan fingerprint density at radius 2 is 1.83 bits per heavy atom. The molecule has 0 unspecified atom stereocenters. The predicted molar refractivity (Wildman–Crippen MR) is 108 cm³/mol. The van der Waals surface area contributed by atoms with Gasteiger partial charge < -0.3 is 10.2 Å². The van der Waals surface area contributed by atoms with E-state index in [0.717, 1.165) is 16.2 Å². The van der Waals surface area contributed by atoms with E-state index >= 15 is 0 Å². The number of carbonyl (C=O) groups excluding carboxylic acids is 1. The van der Waals surface area contributed by atoms with Crippen molar-refractivity contribution in [2.24, 2.45) is 0 Å². The molecule has 4 rings (SSSR count). The quantitative estimate of drug-likeness (QED) is 0.676. The summed E-state index contributed by atoms with van der Waals surface area (Å²) in [6.45, 7) is 1.04. The first kappa shape index (κ1) is 20.7. The summed E-state index contributed by atoms with van der Waals surface area (Å²) in [6, 6.07) is 4.05. The highest BCUT2D eigenvalue weighted by Gasteiger charge is 2.48. The molecule has 0 saturated carbocycles. The van der Waals surface area contributed by atoms with Gasteiger partial charge in [-0.25, -0.2) is 4.68 Å². The second-order valence-electron chi connectivity index (χ2n) is 6.90. The average molecular weight is 465 g/mol. The molecule has 1 fully saturated rings. The van der Waals surface area contributed by atoms with E-state index in [4.69, 9.17) is 23.2 Å². The largest absolute Gasteiger partial charge is 0.410 e. The van der Waals surface area contributed by atoms with Crippen LogP contribution in [0, 0.1) is 0 Å². The first-order chi connectivity index (χ1) is 13.8. The first-order valence-electron chi connectivity index (χ1n) is 8.99. The summed E-state index contributed by atoms with van der Waals surface area (Å²) in [6.07, 6.45) is -4.82. The van der Waals surface area contributed by atoms with E-state index in [1.807, 2.05) is 0 Å². The number of fused-ring (bicyclic) bond motifs is 1. The summed E-state index contributed by atoms with van der Waals surface area (Å²) < 4.78 is 42.3. The van der Waals surface area contributed by atoms with Gasteiger partial charge in [0.25, 0.3) is 5.91 Å². The third-order valence-electron chi connectivity index (χ3n) is 5.07. The Balaban J connectivity index is 1.71. The van der Waals surface area contributed by atoms with Gasteiger partial charge in [-0.05, 0) is 17.7 Å². The molecule has 1 saturated heterocycles. The Kier molecular flexibility index (Phi) is 5.65. The molecule has 0 radical (unpaired) electrons. The number of nitrogens with zero attached hydrogens (tertiary/aromatic N) is 3. The Bertz CT molecular complexity index is 913. The Morgan fingerprint density at radius 3 is 2.45 bits per heavy atom. The molecule has 2 aromatic rings. The van der Waals surface area contributed by atoms with Gasteiger partial charge in [-0.3, -0.25) is 4.79 Å². The zero-order chi connectivity index (χ0) is 20.8. The van der Waals surface area contributed by atoms with Crippen LogP contribution in [0.2, 0.25) is 10.0 Å². The van der Waals surface area contributed by atoms with Crippen molar-refractivity contribution in [1.82, 2.24) is 14.7 Å². The number of aromatic nitrogens is 2. The van der Waals surface area contributed by atoms with Crippen molar-refractivity contribution < 1.29 is 18.0 Å². The van der Waals surface area contributed by atoms with E-state index in [2.05, 4.69) is 10.4 Å². The molecule has 1 amide bonds. The van der Waals surface area contributed by atoms with Crippen molar-refractivity contribution >= 4 is 46.7 Å². The number of hydrogen-bond acceptors (Lipinski definition) is 4. The molecule has 1 aromatic carbocycles. The minimum absolute atomic E-state index is 0.00919. The van der Waals surface area contributed by atoms with Gasteiger partial charge >= 0.3 is 6.18 Å². The third kappa shape index (κ3) is 4.04. The number of nitrogens with one attached hydrogen (secondary N) is 1. The molecule has 3 heterocycles. The van der Waals surface area contributed by atoms with Crippen LogP contribution >= 0.6 is 35.0 Å². The van der Waals surface area contributed by atoms with Gasteiger partial charge in [0.1, 0.15) is 10.8 Å². The fourth-order valence-corrected chi connectivity index (χ4v) is 4.84. The summed E-state index contributed by atoms with van der Waals surface area (Å²) in [5.74, 6) is 1.12. The van der Waals surface area contributed by atoms with Crippen LogP contribution in [0.15, 0.2) is 24.3 Å². The van der Waals surface area contributed by atoms with Gasteiger partial charge in [-0.2, -0.15) is 30.0 Å². The van der Waals surface area contributed by atoms with E-state index in [-0.39, 0.29) is 23.0 Å². The van der Waals surface area contributed by atoms with Gasteiger partial charge in [-0.15, -0.1) is 0 Å². The molecule has 11 heteroatoms. The number of alkyl halides is 3. The maximum absolute atomic E-state index is 13.8. The number of hydrogen-bond donors (Lipinski definition) is 1. The standard InChI is InChI=1S/C18H17Cl2F3N4OS/c19-11-3-1-10(2-4-11)12-9-13(18(21,22)23)27-16(24-12)14(20)15(25-27)17(28)26-5-7-29-8-6-26/h1-4,12-13,24H,5-9H2/t12-,13-/m1/s1. The number of thioether (sulfide) groups is 1. The van der Waals surface area contributed by atoms with E-state index in [1.54, 1.807) is 40.9 Å². The molecule has 29 heavy (non-hydrogen) atoms. The molecule has 0 aliphatic carbocycles. The molecule has 2 aliphatic heterocycles. The molecule has 156 valence electrons. The molecular formula is C18H17Cl2F3N4OS. The third-order valence-corrected chi connectivity index (χ3v) is 6.62. The number of anilines is 1. The molecule has 1 aromatic heterocycles. The summed E-state index contributed by atoms with van der Waals surface area (Å²) in [7, 11) is 0. The van der Waals surface area contributed by atoms with Crippen LogP contribution in [0.4, 0.5) is 19.0 Å². The Morgan fingerprint density at radius 1 is 1.17 bits per heavy atom. The molecule has 2 aliphatic rings. The normalized spacial score (nSPS) is 22.2. The summed E-state index contributed by atoms with van der Waals surface area (Å²) in [5, 5.41) is 7.44. The molecule has 0 spiro atoms. The highest BCUT2D eigenvalue weighted by atomic mass is 35.5. The van der Waals surface area contributed by atoms with Crippen molar-refractivity contribution in [2.75, 3.05) is 29.9 Å². The fraction of sp³-hybridized carbons (Fsp3) is 0.444. The van der Waals surface area contributed by atoms with Gasteiger partial charge in [0.2, 0.25) is 0 Å². The van der Waals surface area contributed by atoms with Gasteiger partial charge in [-0.1, -0.05) is 35.3 Å². The zero-order valence-electron chi connectivity index (χ0n) is 15.0. The molecule has 0 bridgehead atoms. The Hall–Kier alpha value is -1.58. The number of benzene rings is 1. The highest BCUT2D eigenvalue weighted by Crippen LogP contribution is 2.46. The number of amides is 1. The topological polar surface area (TPSA) is 50.2 Å². The van der Waals surface area contributed by atoms with E-state index in [1.165, 1.54) is 0 Å². The van der Waals surface area contributed by atoms with Crippen molar-refractivity contribution in [3.63, 3.8) is 0 Å². The monoisotopic (exact) mass is 464 g/mol. The second kappa shape index (κ2) is 7.92. The first-order valence-corrected chi connectivity index (χ1v) is 10.9. The summed E-state index contributed by atoms with van der Waals surface area (Å²) in [5.41, 5.74) is 0.500. The van der Waals surface area contributed by atoms with E-state index in [0.29, 0.717) is 23.7 Å². The van der Waals surface area contributed by atoms with E-state index < -0.39 is 24.2 Å². The molecular weight excluding hydrogens is 448 g/mol.